The Bertz CT molecular complexity index is 532. The molecule has 0 bridgehead atoms. The average molecular weight is 280 g/mol. The number of aromatic nitrogens is 3. The summed E-state index contributed by atoms with van der Waals surface area (Å²) in [6, 6.07) is 0. The molecule has 2 heterocycles. The average Bonchev–Trinajstić information content (AvgIpc) is 2.98. The van der Waals surface area contributed by atoms with Crippen molar-refractivity contribution in [3.05, 3.63) is 34.0 Å². The van der Waals surface area contributed by atoms with E-state index in [1.807, 2.05) is 13.2 Å². The van der Waals surface area contributed by atoms with Crippen molar-refractivity contribution >= 4 is 11.3 Å². The lowest BCUT2D eigenvalue weighted by Gasteiger charge is -2.22. The van der Waals surface area contributed by atoms with E-state index in [0.29, 0.717) is 13.1 Å². The van der Waals surface area contributed by atoms with Crippen LogP contribution in [-0.2, 0) is 25.6 Å². The summed E-state index contributed by atoms with van der Waals surface area (Å²) >= 11 is 1.68. The summed E-state index contributed by atoms with van der Waals surface area (Å²) in [5.41, 5.74) is 0.927. The standard InChI is InChI=1S/C13H20N4OS/c1-4-12-16-11(8-19-12)6-14-9-13(2,18)10-5-15-17(3)7-10/h5,7-8,14,18H,4,6,9H2,1-3H3. The van der Waals surface area contributed by atoms with Crippen LogP contribution in [0.4, 0.5) is 0 Å². The predicted molar refractivity (Wildman–Crippen MR) is 76.0 cm³/mol. The Balaban J connectivity index is 1.87. The third kappa shape index (κ3) is 3.62. The number of aryl methyl sites for hydroxylation is 2. The van der Waals surface area contributed by atoms with E-state index in [4.69, 9.17) is 0 Å². The predicted octanol–water partition coefficient (Wildman–Crippen LogP) is 1.44. The molecule has 2 aromatic rings. The lowest BCUT2D eigenvalue weighted by Crippen LogP contribution is -2.34. The first kappa shape index (κ1) is 14.2. The van der Waals surface area contributed by atoms with Crippen molar-refractivity contribution in [3.8, 4) is 0 Å². The molecule has 0 aliphatic carbocycles. The van der Waals surface area contributed by atoms with Gasteiger partial charge in [0.05, 0.1) is 16.9 Å². The second kappa shape index (κ2) is 5.81. The van der Waals surface area contributed by atoms with Crippen molar-refractivity contribution in [1.82, 2.24) is 20.1 Å². The molecule has 5 nitrogen and oxygen atoms in total. The van der Waals surface area contributed by atoms with Gasteiger partial charge in [-0.25, -0.2) is 4.98 Å². The number of hydrogen-bond acceptors (Lipinski definition) is 5. The number of rotatable bonds is 6. The summed E-state index contributed by atoms with van der Waals surface area (Å²) < 4.78 is 1.69. The van der Waals surface area contributed by atoms with E-state index in [1.54, 1.807) is 29.1 Å². The van der Waals surface area contributed by atoms with Gasteiger partial charge in [0.15, 0.2) is 0 Å². The fourth-order valence-corrected chi connectivity index (χ4v) is 2.57. The molecular weight excluding hydrogens is 260 g/mol. The zero-order valence-corrected chi connectivity index (χ0v) is 12.4. The molecule has 0 saturated heterocycles. The highest BCUT2D eigenvalue weighted by Gasteiger charge is 2.24. The topological polar surface area (TPSA) is 63.0 Å². The molecule has 0 aliphatic rings. The van der Waals surface area contributed by atoms with Gasteiger partial charge in [-0.1, -0.05) is 6.92 Å². The van der Waals surface area contributed by atoms with Gasteiger partial charge in [0, 0.05) is 37.3 Å². The summed E-state index contributed by atoms with van der Waals surface area (Å²) in [5, 5.41) is 20.9. The molecule has 1 unspecified atom stereocenters. The number of hydrogen-bond donors (Lipinski definition) is 2. The molecule has 2 N–H and O–H groups in total. The van der Waals surface area contributed by atoms with Crippen LogP contribution in [0, 0.1) is 0 Å². The van der Waals surface area contributed by atoms with Crippen LogP contribution in [0.5, 0.6) is 0 Å². The number of aliphatic hydroxyl groups is 1. The highest BCUT2D eigenvalue weighted by molar-refractivity contribution is 7.09. The summed E-state index contributed by atoms with van der Waals surface area (Å²) in [5.74, 6) is 0. The molecule has 0 spiro atoms. The monoisotopic (exact) mass is 280 g/mol. The number of thiazole rings is 1. The third-order valence-corrected chi connectivity index (χ3v) is 4.05. The van der Waals surface area contributed by atoms with Crippen LogP contribution in [-0.4, -0.2) is 26.4 Å². The summed E-state index contributed by atoms with van der Waals surface area (Å²) in [4.78, 5) is 4.48. The molecule has 0 amide bonds. The van der Waals surface area contributed by atoms with Gasteiger partial charge in [0.1, 0.15) is 5.60 Å². The molecule has 0 radical (unpaired) electrons. The van der Waals surface area contributed by atoms with Crippen LogP contribution < -0.4 is 5.32 Å². The van der Waals surface area contributed by atoms with Crippen LogP contribution in [0.3, 0.4) is 0 Å². The van der Waals surface area contributed by atoms with Gasteiger partial charge in [-0.2, -0.15) is 5.10 Å². The Hall–Kier alpha value is -1.24. The Kier molecular flexibility index (Phi) is 4.34. The van der Waals surface area contributed by atoms with E-state index in [2.05, 4.69) is 27.7 Å². The summed E-state index contributed by atoms with van der Waals surface area (Å²) in [7, 11) is 1.84. The van der Waals surface area contributed by atoms with E-state index in [-0.39, 0.29) is 0 Å². The van der Waals surface area contributed by atoms with Crippen molar-refractivity contribution in [3.63, 3.8) is 0 Å². The smallest absolute Gasteiger partial charge is 0.102 e. The second-order valence-corrected chi connectivity index (χ2v) is 5.81. The van der Waals surface area contributed by atoms with Gasteiger partial charge in [-0.05, 0) is 13.3 Å². The van der Waals surface area contributed by atoms with Gasteiger partial charge in [0.2, 0.25) is 0 Å². The maximum Gasteiger partial charge on any atom is 0.102 e. The van der Waals surface area contributed by atoms with E-state index in [0.717, 1.165) is 22.7 Å². The quantitative estimate of drug-likeness (QED) is 0.840. The van der Waals surface area contributed by atoms with Crippen LogP contribution >= 0.6 is 11.3 Å². The van der Waals surface area contributed by atoms with E-state index < -0.39 is 5.60 Å². The Morgan fingerprint density at radius 1 is 1.53 bits per heavy atom. The highest BCUT2D eigenvalue weighted by atomic mass is 32.1. The first-order valence-electron chi connectivity index (χ1n) is 6.37. The normalized spacial score (nSPS) is 14.5. The number of nitrogens with zero attached hydrogens (tertiary/aromatic N) is 3. The fraction of sp³-hybridized carbons (Fsp3) is 0.538. The van der Waals surface area contributed by atoms with Gasteiger partial charge in [-0.15, -0.1) is 11.3 Å². The number of nitrogens with one attached hydrogen (secondary N) is 1. The largest absolute Gasteiger partial charge is 0.384 e. The Morgan fingerprint density at radius 3 is 2.89 bits per heavy atom. The van der Waals surface area contributed by atoms with Crippen LogP contribution in [0.15, 0.2) is 17.8 Å². The Labute approximate surface area is 117 Å². The maximum absolute atomic E-state index is 10.4. The van der Waals surface area contributed by atoms with Crippen LogP contribution in [0.1, 0.15) is 30.1 Å². The van der Waals surface area contributed by atoms with E-state index in [9.17, 15) is 5.11 Å². The van der Waals surface area contributed by atoms with Crippen molar-refractivity contribution in [2.75, 3.05) is 6.54 Å². The van der Waals surface area contributed by atoms with Crippen molar-refractivity contribution in [1.29, 1.82) is 0 Å². The molecule has 1 atom stereocenters. The molecule has 2 aromatic heterocycles. The highest BCUT2D eigenvalue weighted by Crippen LogP contribution is 2.18. The van der Waals surface area contributed by atoms with Crippen LogP contribution in [0.2, 0.25) is 0 Å². The minimum absolute atomic E-state index is 0.470. The molecule has 0 fully saturated rings. The molecule has 0 saturated carbocycles. The van der Waals surface area contributed by atoms with E-state index >= 15 is 0 Å². The minimum atomic E-state index is -0.919. The third-order valence-electron chi connectivity index (χ3n) is 3.00. The first-order chi connectivity index (χ1) is 9.01. The molecule has 0 aliphatic heterocycles. The minimum Gasteiger partial charge on any atom is -0.384 e. The fourth-order valence-electron chi connectivity index (χ4n) is 1.83. The van der Waals surface area contributed by atoms with Crippen molar-refractivity contribution in [2.24, 2.45) is 7.05 Å². The van der Waals surface area contributed by atoms with E-state index in [1.165, 1.54) is 0 Å². The molecule has 0 aromatic carbocycles. The zero-order chi connectivity index (χ0) is 13.9. The lowest BCUT2D eigenvalue weighted by atomic mass is 10.00. The van der Waals surface area contributed by atoms with Gasteiger partial charge in [0.25, 0.3) is 0 Å². The van der Waals surface area contributed by atoms with Crippen molar-refractivity contribution < 1.29 is 5.11 Å². The van der Waals surface area contributed by atoms with Gasteiger partial charge >= 0.3 is 0 Å². The van der Waals surface area contributed by atoms with Crippen LogP contribution in [0.25, 0.3) is 0 Å². The molecule has 19 heavy (non-hydrogen) atoms. The van der Waals surface area contributed by atoms with Gasteiger partial charge < -0.3 is 10.4 Å². The molecular formula is C13H20N4OS. The molecule has 6 heteroatoms. The SMILES string of the molecule is CCc1nc(CNCC(C)(O)c2cnn(C)c2)cs1. The summed E-state index contributed by atoms with van der Waals surface area (Å²) in [6.07, 6.45) is 4.50. The lowest BCUT2D eigenvalue weighted by molar-refractivity contribution is 0.0565. The molecule has 104 valence electrons. The maximum atomic E-state index is 10.4. The van der Waals surface area contributed by atoms with Gasteiger partial charge in [-0.3, -0.25) is 4.68 Å². The first-order valence-corrected chi connectivity index (χ1v) is 7.24. The zero-order valence-electron chi connectivity index (χ0n) is 11.6. The molecule has 2 rings (SSSR count). The Morgan fingerprint density at radius 2 is 2.32 bits per heavy atom. The summed E-state index contributed by atoms with van der Waals surface area (Å²) in [6.45, 7) is 5.03. The van der Waals surface area contributed by atoms with Crippen molar-refractivity contribution in [2.45, 2.75) is 32.4 Å². The second-order valence-electron chi connectivity index (χ2n) is 4.87.